The number of allylic oxidation sites excluding steroid dienone is 1. The first-order valence-electron chi connectivity index (χ1n) is 10.5. The van der Waals surface area contributed by atoms with Gasteiger partial charge < -0.3 is 10.6 Å². The molecule has 6 heteroatoms. The van der Waals surface area contributed by atoms with Crippen molar-refractivity contribution in [3.8, 4) is 0 Å². The van der Waals surface area contributed by atoms with Crippen LogP contribution in [0.1, 0.15) is 41.5 Å². The average Bonchev–Trinajstić information content (AvgIpc) is 2.96. The second-order valence-electron chi connectivity index (χ2n) is 8.16. The molecular weight excluding hydrogens is 413 g/mol. The Kier molecular flexibility index (Phi) is 5.00. The second kappa shape index (κ2) is 7.86. The molecule has 0 spiro atoms. The van der Waals surface area contributed by atoms with Crippen LogP contribution in [0.3, 0.4) is 0 Å². The van der Waals surface area contributed by atoms with Crippen molar-refractivity contribution in [3.05, 3.63) is 107 Å². The Balaban J connectivity index is 1.66. The Morgan fingerprint density at radius 3 is 2.19 bits per heavy atom. The highest BCUT2D eigenvalue weighted by molar-refractivity contribution is 6.01. The predicted molar refractivity (Wildman–Crippen MR) is 118 cm³/mol. The lowest BCUT2D eigenvalue weighted by molar-refractivity contribution is -0.138. The lowest BCUT2D eigenvalue weighted by Gasteiger charge is -2.31. The maximum atomic E-state index is 13.9. The molecule has 3 aromatic rings. The van der Waals surface area contributed by atoms with E-state index in [1.54, 1.807) is 6.07 Å². The molecule has 0 aromatic heterocycles. The Labute approximate surface area is 184 Å². The Morgan fingerprint density at radius 1 is 0.781 bits per heavy atom. The maximum Gasteiger partial charge on any atom is 0.416 e. The smallest absolute Gasteiger partial charge is 0.372 e. The van der Waals surface area contributed by atoms with Crippen LogP contribution in [-0.4, -0.2) is 5.78 Å². The minimum atomic E-state index is -4.53. The molecule has 0 amide bonds. The van der Waals surface area contributed by atoms with E-state index in [0.717, 1.165) is 17.3 Å². The first-order chi connectivity index (χ1) is 15.4. The number of hydrogen-bond donors (Lipinski definition) is 2. The fraction of sp³-hybridized carbons (Fsp3) is 0.192. The van der Waals surface area contributed by atoms with E-state index in [1.165, 1.54) is 12.1 Å². The summed E-state index contributed by atoms with van der Waals surface area (Å²) in [5.74, 6) is -0.173. The third-order valence-electron chi connectivity index (χ3n) is 6.16. The van der Waals surface area contributed by atoms with Crippen LogP contribution in [0.15, 0.2) is 90.1 Å². The third-order valence-corrected chi connectivity index (χ3v) is 6.16. The van der Waals surface area contributed by atoms with Crippen LogP contribution in [-0.2, 0) is 11.0 Å². The summed E-state index contributed by atoms with van der Waals surface area (Å²) in [6.45, 7) is 0. The van der Waals surface area contributed by atoms with Gasteiger partial charge in [-0.1, -0.05) is 60.7 Å². The van der Waals surface area contributed by atoms with Gasteiger partial charge in [-0.05, 0) is 41.7 Å². The number of alkyl halides is 3. The van der Waals surface area contributed by atoms with Crippen molar-refractivity contribution in [1.29, 1.82) is 0 Å². The van der Waals surface area contributed by atoms with Crippen LogP contribution in [0.2, 0.25) is 0 Å². The molecule has 3 aromatic carbocycles. The minimum Gasteiger partial charge on any atom is -0.372 e. The van der Waals surface area contributed by atoms with Crippen LogP contribution in [0.5, 0.6) is 0 Å². The fourth-order valence-electron chi connectivity index (χ4n) is 4.69. The predicted octanol–water partition coefficient (Wildman–Crippen LogP) is 6.68. The fourth-order valence-corrected chi connectivity index (χ4v) is 4.69. The SMILES string of the molecule is O=C1C[C@@H](c2ccccc2)CC2=C1[C@@H](c1ccccc1C(F)(F)F)Nc1ccccc1N2. The average molecular weight is 434 g/mol. The zero-order chi connectivity index (χ0) is 22.3. The standard InChI is InChI=1S/C26H21F3N2O/c27-26(28,29)19-11-5-4-10-18(19)25-24-22(30-20-12-6-7-13-21(20)31-25)14-17(15-23(24)32)16-8-2-1-3-9-16/h1-13,17,25,30-31H,14-15H2/t17-,25+/m0/s1. The second-order valence-corrected chi connectivity index (χ2v) is 8.16. The van der Waals surface area contributed by atoms with E-state index in [9.17, 15) is 18.0 Å². The van der Waals surface area contributed by atoms with Crippen LogP contribution < -0.4 is 10.6 Å². The first kappa shape index (κ1) is 20.4. The van der Waals surface area contributed by atoms with Crippen molar-refractivity contribution in [2.75, 3.05) is 10.6 Å². The van der Waals surface area contributed by atoms with Gasteiger partial charge in [0.2, 0.25) is 0 Å². The number of benzene rings is 3. The number of rotatable bonds is 2. The Hall–Kier alpha value is -3.54. The topological polar surface area (TPSA) is 41.1 Å². The summed E-state index contributed by atoms with van der Waals surface area (Å²) in [7, 11) is 0. The Bertz CT molecular complexity index is 1200. The molecule has 0 unspecified atom stereocenters. The highest BCUT2D eigenvalue weighted by Crippen LogP contribution is 2.46. The molecule has 5 rings (SSSR count). The number of carbonyl (C=O) groups is 1. The van der Waals surface area contributed by atoms with Gasteiger partial charge in [-0.3, -0.25) is 4.79 Å². The third kappa shape index (κ3) is 3.66. The van der Waals surface area contributed by atoms with Gasteiger partial charge in [0.1, 0.15) is 0 Å². The summed E-state index contributed by atoms with van der Waals surface area (Å²) in [6, 6.07) is 21.7. The molecule has 162 valence electrons. The van der Waals surface area contributed by atoms with E-state index >= 15 is 0 Å². The van der Waals surface area contributed by atoms with Gasteiger partial charge in [-0.2, -0.15) is 13.2 Å². The number of anilines is 2. The minimum absolute atomic E-state index is 0.0290. The molecule has 2 atom stereocenters. The van der Waals surface area contributed by atoms with E-state index in [2.05, 4.69) is 10.6 Å². The molecule has 3 nitrogen and oxygen atoms in total. The largest absolute Gasteiger partial charge is 0.416 e. The molecular formula is C26H21F3N2O. The number of hydrogen-bond acceptors (Lipinski definition) is 3. The molecule has 1 aliphatic heterocycles. The monoisotopic (exact) mass is 434 g/mol. The molecule has 2 N–H and O–H groups in total. The van der Waals surface area contributed by atoms with Gasteiger partial charge >= 0.3 is 6.18 Å². The lowest BCUT2D eigenvalue weighted by Crippen LogP contribution is -2.28. The maximum absolute atomic E-state index is 13.9. The molecule has 1 heterocycles. The van der Waals surface area contributed by atoms with Crippen molar-refractivity contribution in [2.24, 2.45) is 0 Å². The number of nitrogens with one attached hydrogen (secondary N) is 2. The van der Waals surface area contributed by atoms with Crippen LogP contribution >= 0.6 is 0 Å². The Morgan fingerprint density at radius 2 is 1.44 bits per heavy atom. The molecule has 0 fully saturated rings. The summed E-state index contributed by atoms with van der Waals surface area (Å²) in [5.41, 5.74) is 2.83. The van der Waals surface area contributed by atoms with Gasteiger partial charge in [0, 0.05) is 17.7 Å². The number of halogens is 3. The summed E-state index contributed by atoms with van der Waals surface area (Å²) < 4.78 is 41.6. The van der Waals surface area contributed by atoms with E-state index in [0.29, 0.717) is 23.4 Å². The number of Topliss-reactive ketones (excluding diaryl/α,β-unsaturated/α-hetero) is 1. The number of fused-ring (bicyclic) bond motifs is 1. The molecule has 0 saturated carbocycles. The number of carbonyl (C=O) groups excluding carboxylic acids is 1. The molecule has 2 aliphatic rings. The van der Waals surface area contributed by atoms with Crippen LogP contribution in [0.25, 0.3) is 0 Å². The van der Waals surface area contributed by atoms with Gasteiger partial charge in [0.25, 0.3) is 0 Å². The molecule has 0 saturated heterocycles. The van der Waals surface area contributed by atoms with Crippen molar-refractivity contribution < 1.29 is 18.0 Å². The van der Waals surface area contributed by atoms with E-state index < -0.39 is 17.8 Å². The van der Waals surface area contributed by atoms with E-state index in [-0.39, 0.29) is 23.7 Å². The quantitative estimate of drug-likeness (QED) is 0.472. The highest BCUT2D eigenvalue weighted by Gasteiger charge is 2.40. The van der Waals surface area contributed by atoms with Gasteiger partial charge in [0.15, 0.2) is 5.78 Å². The zero-order valence-electron chi connectivity index (χ0n) is 17.1. The van der Waals surface area contributed by atoms with E-state index in [4.69, 9.17) is 0 Å². The molecule has 0 radical (unpaired) electrons. The van der Waals surface area contributed by atoms with E-state index in [1.807, 2.05) is 54.6 Å². The zero-order valence-corrected chi connectivity index (χ0v) is 17.1. The number of para-hydroxylation sites is 2. The highest BCUT2D eigenvalue weighted by atomic mass is 19.4. The van der Waals surface area contributed by atoms with Crippen molar-refractivity contribution in [2.45, 2.75) is 31.0 Å². The van der Waals surface area contributed by atoms with Gasteiger partial charge in [-0.25, -0.2) is 0 Å². The summed E-state index contributed by atoms with van der Waals surface area (Å²) in [4.78, 5) is 13.4. The van der Waals surface area contributed by atoms with Gasteiger partial charge in [0.05, 0.1) is 23.0 Å². The van der Waals surface area contributed by atoms with Crippen LogP contribution in [0.4, 0.5) is 24.5 Å². The molecule has 1 aliphatic carbocycles. The van der Waals surface area contributed by atoms with Crippen molar-refractivity contribution in [1.82, 2.24) is 0 Å². The normalized spacial score (nSPS) is 20.5. The first-order valence-corrected chi connectivity index (χ1v) is 10.5. The van der Waals surface area contributed by atoms with Crippen LogP contribution in [0, 0.1) is 0 Å². The molecule has 0 bridgehead atoms. The van der Waals surface area contributed by atoms with Crippen molar-refractivity contribution in [3.63, 3.8) is 0 Å². The molecule has 32 heavy (non-hydrogen) atoms. The summed E-state index contributed by atoms with van der Waals surface area (Å²) in [5, 5.41) is 6.60. The summed E-state index contributed by atoms with van der Waals surface area (Å²) >= 11 is 0. The van der Waals surface area contributed by atoms with Gasteiger partial charge in [-0.15, -0.1) is 0 Å². The number of ketones is 1. The summed E-state index contributed by atoms with van der Waals surface area (Å²) in [6.07, 6.45) is -3.72. The van der Waals surface area contributed by atoms with Crippen molar-refractivity contribution >= 4 is 17.2 Å². The lowest BCUT2D eigenvalue weighted by atomic mass is 9.78.